The van der Waals surface area contributed by atoms with E-state index in [-0.39, 0.29) is 18.6 Å². The Hall–Kier alpha value is -1.06. The van der Waals surface area contributed by atoms with E-state index in [4.69, 9.17) is 16.3 Å². The molecule has 0 bridgehead atoms. The highest BCUT2D eigenvalue weighted by Gasteiger charge is 2.16. The standard InChI is InChI=1S/C13H18ClNO2/c1-4-17-9-13(16)15(3)10(2)11-5-7-12(14)8-6-11/h5-8,10H,4,9H2,1-3H3. The van der Waals surface area contributed by atoms with Crippen LogP contribution in [0.25, 0.3) is 0 Å². The molecule has 1 atom stereocenters. The predicted octanol–water partition coefficient (Wildman–Crippen LogP) is 2.90. The number of benzene rings is 1. The van der Waals surface area contributed by atoms with Crippen LogP contribution in [0.1, 0.15) is 25.5 Å². The van der Waals surface area contributed by atoms with Gasteiger partial charge in [-0.2, -0.15) is 0 Å². The van der Waals surface area contributed by atoms with Crippen LogP contribution in [0, 0.1) is 0 Å². The molecular weight excluding hydrogens is 238 g/mol. The Morgan fingerprint density at radius 3 is 2.53 bits per heavy atom. The molecule has 3 nitrogen and oxygen atoms in total. The van der Waals surface area contributed by atoms with Crippen LogP contribution in [0.5, 0.6) is 0 Å². The third kappa shape index (κ3) is 4.02. The Morgan fingerprint density at radius 1 is 1.41 bits per heavy atom. The predicted molar refractivity (Wildman–Crippen MR) is 69.1 cm³/mol. The van der Waals surface area contributed by atoms with Gasteiger partial charge in [0.2, 0.25) is 5.91 Å². The number of halogens is 1. The van der Waals surface area contributed by atoms with Gasteiger partial charge in [0.05, 0.1) is 6.04 Å². The van der Waals surface area contributed by atoms with Gasteiger partial charge in [0, 0.05) is 18.7 Å². The van der Waals surface area contributed by atoms with Crippen molar-refractivity contribution in [2.24, 2.45) is 0 Å². The molecule has 0 saturated carbocycles. The first-order valence-electron chi connectivity index (χ1n) is 5.65. The molecule has 0 aliphatic rings. The molecule has 0 spiro atoms. The van der Waals surface area contributed by atoms with Gasteiger partial charge in [-0.25, -0.2) is 0 Å². The van der Waals surface area contributed by atoms with Crippen molar-refractivity contribution >= 4 is 17.5 Å². The van der Waals surface area contributed by atoms with Crippen LogP contribution in [0.15, 0.2) is 24.3 Å². The number of carbonyl (C=O) groups excluding carboxylic acids is 1. The van der Waals surface area contributed by atoms with E-state index < -0.39 is 0 Å². The summed E-state index contributed by atoms with van der Waals surface area (Å²) in [5.41, 5.74) is 1.06. The van der Waals surface area contributed by atoms with Gasteiger partial charge in [-0.1, -0.05) is 23.7 Å². The maximum absolute atomic E-state index is 11.8. The van der Waals surface area contributed by atoms with Gasteiger partial charge in [0.1, 0.15) is 6.61 Å². The van der Waals surface area contributed by atoms with Crippen LogP contribution in [0.4, 0.5) is 0 Å². The number of rotatable bonds is 5. The van der Waals surface area contributed by atoms with Gasteiger partial charge in [-0.3, -0.25) is 4.79 Å². The van der Waals surface area contributed by atoms with Gasteiger partial charge in [-0.15, -0.1) is 0 Å². The first-order valence-corrected chi connectivity index (χ1v) is 6.03. The highest BCUT2D eigenvalue weighted by molar-refractivity contribution is 6.30. The molecular formula is C13H18ClNO2. The molecule has 1 aromatic rings. The fraction of sp³-hybridized carbons (Fsp3) is 0.462. The maximum Gasteiger partial charge on any atom is 0.248 e. The molecule has 1 aromatic carbocycles. The molecule has 1 rings (SSSR count). The smallest absolute Gasteiger partial charge is 0.248 e. The second-order valence-corrected chi connectivity index (χ2v) is 4.31. The average Bonchev–Trinajstić information content (AvgIpc) is 2.35. The van der Waals surface area contributed by atoms with E-state index in [0.29, 0.717) is 11.6 Å². The number of amides is 1. The van der Waals surface area contributed by atoms with Gasteiger partial charge in [0.15, 0.2) is 0 Å². The lowest BCUT2D eigenvalue weighted by Gasteiger charge is -2.25. The Bertz CT molecular complexity index is 364. The van der Waals surface area contributed by atoms with Crippen LogP contribution in [0.2, 0.25) is 5.02 Å². The van der Waals surface area contributed by atoms with Gasteiger partial charge >= 0.3 is 0 Å². The fourth-order valence-corrected chi connectivity index (χ4v) is 1.60. The summed E-state index contributed by atoms with van der Waals surface area (Å²) < 4.78 is 5.11. The van der Waals surface area contributed by atoms with E-state index in [1.54, 1.807) is 11.9 Å². The van der Waals surface area contributed by atoms with Crippen LogP contribution in [0.3, 0.4) is 0 Å². The lowest BCUT2D eigenvalue weighted by molar-refractivity contribution is -0.136. The molecule has 0 aliphatic carbocycles. The van der Waals surface area contributed by atoms with Crippen molar-refractivity contribution in [2.75, 3.05) is 20.3 Å². The van der Waals surface area contributed by atoms with Crippen LogP contribution in [-0.2, 0) is 9.53 Å². The topological polar surface area (TPSA) is 29.5 Å². The van der Waals surface area contributed by atoms with Crippen molar-refractivity contribution in [1.82, 2.24) is 4.90 Å². The van der Waals surface area contributed by atoms with Gasteiger partial charge in [0.25, 0.3) is 0 Å². The average molecular weight is 256 g/mol. The minimum Gasteiger partial charge on any atom is -0.372 e. The molecule has 0 heterocycles. The Kier molecular flexibility index (Phi) is 5.45. The first kappa shape index (κ1) is 14.0. The lowest BCUT2D eigenvalue weighted by Crippen LogP contribution is -2.32. The zero-order chi connectivity index (χ0) is 12.8. The minimum atomic E-state index is -0.0192. The number of carbonyl (C=O) groups is 1. The zero-order valence-corrected chi connectivity index (χ0v) is 11.2. The van der Waals surface area contributed by atoms with Crippen molar-refractivity contribution in [3.8, 4) is 0 Å². The third-order valence-electron chi connectivity index (χ3n) is 2.76. The zero-order valence-electron chi connectivity index (χ0n) is 10.4. The summed E-state index contributed by atoms with van der Waals surface area (Å²) in [4.78, 5) is 13.4. The number of nitrogens with zero attached hydrogens (tertiary/aromatic N) is 1. The number of likely N-dealkylation sites (N-methyl/N-ethyl adjacent to an activating group) is 1. The van der Waals surface area contributed by atoms with Crippen molar-refractivity contribution in [3.05, 3.63) is 34.9 Å². The molecule has 0 fully saturated rings. The lowest BCUT2D eigenvalue weighted by atomic mass is 10.1. The van der Waals surface area contributed by atoms with E-state index in [1.165, 1.54) is 0 Å². The monoisotopic (exact) mass is 255 g/mol. The minimum absolute atomic E-state index is 0.0141. The molecule has 0 N–H and O–H groups in total. The fourth-order valence-electron chi connectivity index (χ4n) is 1.47. The SMILES string of the molecule is CCOCC(=O)N(C)C(C)c1ccc(Cl)cc1. The summed E-state index contributed by atoms with van der Waals surface area (Å²) in [6.45, 7) is 4.53. The molecule has 1 amide bonds. The summed E-state index contributed by atoms with van der Waals surface area (Å²) >= 11 is 5.83. The second kappa shape index (κ2) is 6.62. The van der Waals surface area contributed by atoms with Crippen LogP contribution in [-0.4, -0.2) is 31.1 Å². The van der Waals surface area contributed by atoms with E-state index >= 15 is 0 Å². The van der Waals surface area contributed by atoms with Gasteiger partial charge < -0.3 is 9.64 Å². The van der Waals surface area contributed by atoms with E-state index in [2.05, 4.69) is 0 Å². The number of ether oxygens (including phenoxy) is 1. The van der Waals surface area contributed by atoms with Crippen LogP contribution < -0.4 is 0 Å². The van der Waals surface area contributed by atoms with Crippen molar-refractivity contribution in [2.45, 2.75) is 19.9 Å². The van der Waals surface area contributed by atoms with Crippen molar-refractivity contribution in [1.29, 1.82) is 0 Å². The highest BCUT2D eigenvalue weighted by atomic mass is 35.5. The normalized spacial score (nSPS) is 12.2. The summed E-state index contributed by atoms with van der Waals surface area (Å²) in [7, 11) is 1.78. The molecule has 17 heavy (non-hydrogen) atoms. The van der Waals surface area contributed by atoms with Crippen molar-refractivity contribution < 1.29 is 9.53 Å². The molecule has 0 saturated heterocycles. The Morgan fingerprint density at radius 2 is 2.00 bits per heavy atom. The van der Waals surface area contributed by atoms with Crippen LogP contribution >= 0.6 is 11.6 Å². The third-order valence-corrected chi connectivity index (χ3v) is 3.01. The Labute approximate surface area is 107 Å². The molecule has 0 radical (unpaired) electrons. The second-order valence-electron chi connectivity index (χ2n) is 3.87. The van der Waals surface area contributed by atoms with E-state index in [9.17, 15) is 4.79 Å². The molecule has 94 valence electrons. The summed E-state index contributed by atoms with van der Waals surface area (Å²) in [5.74, 6) is -0.0192. The summed E-state index contributed by atoms with van der Waals surface area (Å²) in [6, 6.07) is 7.53. The summed E-state index contributed by atoms with van der Waals surface area (Å²) in [6.07, 6.45) is 0. The quantitative estimate of drug-likeness (QED) is 0.810. The molecule has 4 heteroatoms. The van der Waals surface area contributed by atoms with Crippen molar-refractivity contribution in [3.63, 3.8) is 0 Å². The number of hydrogen-bond donors (Lipinski definition) is 0. The highest BCUT2D eigenvalue weighted by Crippen LogP contribution is 2.20. The molecule has 0 aromatic heterocycles. The Balaban J connectivity index is 2.65. The maximum atomic E-state index is 11.8. The molecule has 1 unspecified atom stereocenters. The van der Waals surface area contributed by atoms with E-state index in [1.807, 2.05) is 38.1 Å². The number of hydrogen-bond acceptors (Lipinski definition) is 2. The first-order chi connectivity index (χ1) is 8.06. The summed E-state index contributed by atoms with van der Waals surface area (Å²) in [5, 5.41) is 0.698. The molecule has 0 aliphatic heterocycles. The largest absolute Gasteiger partial charge is 0.372 e. The van der Waals surface area contributed by atoms with Gasteiger partial charge in [-0.05, 0) is 31.5 Å². The van der Waals surface area contributed by atoms with E-state index in [0.717, 1.165) is 5.56 Å².